The predicted octanol–water partition coefficient (Wildman–Crippen LogP) is 2.58. The first-order valence-electron chi connectivity index (χ1n) is 5.91. The zero-order valence-corrected chi connectivity index (χ0v) is 11.3. The highest BCUT2D eigenvalue weighted by Crippen LogP contribution is 2.22. The highest BCUT2D eigenvalue weighted by atomic mass is 35.5. The maximum Gasteiger partial charge on any atom is 0.257 e. The van der Waals surface area contributed by atoms with E-state index in [4.69, 9.17) is 17.3 Å². The van der Waals surface area contributed by atoms with Crippen LogP contribution in [-0.4, -0.2) is 21.1 Å². The third kappa shape index (κ3) is 2.63. The second kappa shape index (κ2) is 5.02. The van der Waals surface area contributed by atoms with Crippen LogP contribution in [0.1, 0.15) is 10.4 Å². The van der Waals surface area contributed by atoms with Gasteiger partial charge in [-0.3, -0.25) is 9.89 Å². The lowest BCUT2D eigenvalue weighted by Gasteiger charge is -2.04. The SMILES string of the molecule is Nc1cc(C(=O)Nc2n[nH]c3cc(F)ccc23)cc(Cl)n1. The van der Waals surface area contributed by atoms with Crippen LogP contribution in [0.2, 0.25) is 5.15 Å². The normalized spacial score (nSPS) is 10.8. The van der Waals surface area contributed by atoms with E-state index in [1.807, 2.05) is 0 Å². The number of nitrogens with one attached hydrogen (secondary N) is 2. The number of hydrogen-bond donors (Lipinski definition) is 3. The predicted molar refractivity (Wildman–Crippen MR) is 77.7 cm³/mol. The number of carbonyl (C=O) groups is 1. The van der Waals surface area contributed by atoms with Gasteiger partial charge >= 0.3 is 0 Å². The molecule has 21 heavy (non-hydrogen) atoms. The molecule has 3 rings (SSSR count). The fourth-order valence-electron chi connectivity index (χ4n) is 1.92. The minimum absolute atomic E-state index is 0.120. The highest BCUT2D eigenvalue weighted by Gasteiger charge is 2.13. The standard InChI is InChI=1S/C13H9ClFN5O/c14-10-3-6(4-11(16)17-10)13(21)18-12-8-2-1-7(15)5-9(8)19-20-12/h1-5H,(H2,16,17)(H2,18,19,20,21). The molecule has 0 aliphatic heterocycles. The summed E-state index contributed by atoms with van der Waals surface area (Å²) in [7, 11) is 0. The van der Waals surface area contributed by atoms with Crippen molar-refractivity contribution in [2.45, 2.75) is 0 Å². The van der Waals surface area contributed by atoms with Gasteiger partial charge in [-0.1, -0.05) is 11.6 Å². The Hall–Kier alpha value is -2.67. The van der Waals surface area contributed by atoms with E-state index >= 15 is 0 Å². The number of nitrogens with two attached hydrogens (primary N) is 1. The molecular weight excluding hydrogens is 297 g/mol. The minimum Gasteiger partial charge on any atom is -0.384 e. The first kappa shape index (κ1) is 13.3. The average molecular weight is 306 g/mol. The second-order valence-corrected chi connectivity index (χ2v) is 4.71. The van der Waals surface area contributed by atoms with Crippen molar-refractivity contribution in [1.29, 1.82) is 0 Å². The van der Waals surface area contributed by atoms with E-state index in [1.54, 1.807) is 0 Å². The van der Waals surface area contributed by atoms with E-state index < -0.39 is 11.7 Å². The third-order valence-corrected chi connectivity index (χ3v) is 3.03. The molecule has 106 valence electrons. The lowest BCUT2D eigenvalue weighted by Crippen LogP contribution is -2.13. The number of pyridine rings is 1. The quantitative estimate of drug-likeness (QED) is 0.634. The molecule has 3 aromatic rings. The Bertz CT molecular complexity index is 827. The lowest BCUT2D eigenvalue weighted by atomic mass is 10.2. The maximum absolute atomic E-state index is 13.1. The van der Waals surface area contributed by atoms with Gasteiger partial charge in [0, 0.05) is 10.9 Å². The number of carbonyl (C=O) groups excluding carboxylic acids is 1. The molecule has 0 unspecified atom stereocenters. The molecular formula is C13H9ClFN5O. The van der Waals surface area contributed by atoms with Crippen LogP contribution in [0.5, 0.6) is 0 Å². The number of fused-ring (bicyclic) bond motifs is 1. The molecule has 0 atom stereocenters. The fourth-order valence-corrected chi connectivity index (χ4v) is 2.13. The number of benzene rings is 1. The highest BCUT2D eigenvalue weighted by molar-refractivity contribution is 6.30. The number of anilines is 2. The summed E-state index contributed by atoms with van der Waals surface area (Å²) in [5, 5.41) is 9.91. The van der Waals surface area contributed by atoms with Crippen LogP contribution in [0.25, 0.3) is 10.9 Å². The second-order valence-electron chi connectivity index (χ2n) is 4.32. The largest absolute Gasteiger partial charge is 0.384 e. The van der Waals surface area contributed by atoms with Crippen molar-refractivity contribution >= 4 is 40.0 Å². The van der Waals surface area contributed by atoms with Crippen LogP contribution in [0.3, 0.4) is 0 Å². The van der Waals surface area contributed by atoms with Crippen molar-refractivity contribution in [1.82, 2.24) is 15.2 Å². The Kier molecular flexibility index (Phi) is 3.19. The van der Waals surface area contributed by atoms with E-state index in [1.165, 1.54) is 30.3 Å². The molecule has 0 fully saturated rings. The number of nitrogens with zero attached hydrogens (tertiary/aromatic N) is 2. The molecule has 0 bridgehead atoms. The summed E-state index contributed by atoms with van der Waals surface area (Å²) in [4.78, 5) is 15.9. The molecule has 0 aliphatic rings. The van der Waals surface area contributed by atoms with Gasteiger partial charge in [0.25, 0.3) is 5.91 Å². The van der Waals surface area contributed by atoms with Gasteiger partial charge in [0.15, 0.2) is 5.82 Å². The summed E-state index contributed by atoms with van der Waals surface area (Å²) in [5.41, 5.74) is 6.28. The Morgan fingerprint density at radius 3 is 2.90 bits per heavy atom. The van der Waals surface area contributed by atoms with Crippen LogP contribution >= 0.6 is 11.6 Å². The van der Waals surface area contributed by atoms with E-state index in [-0.39, 0.29) is 16.5 Å². The van der Waals surface area contributed by atoms with Gasteiger partial charge in [0.05, 0.1) is 5.52 Å². The zero-order chi connectivity index (χ0) is 15.0. The van der Waals surface area contributed by atoms with Crippen LogP contribution < -0.4 is 11.1 Å². The van der Waals surface area contributed by atoms with Crippen LogP contribution in [0.4, 0.5) is 16.0 Å². The summed E-state index contributed by atoms with van der Waals surface area (Å²) >= 11 is 5.75. The molecule has 0 aliphatic carbocycles. The third-order valence-electron chi connectivity index (χ3n) is 2.83. The first-order chi connectivity index (χ1) is 10.0. The Morgan fingerprint density at radius 1 is 1.33 bits per heavy atom. The summed E-state index contributed by atoms with van der Waals surface area (Å²) in [6.45, 7) is 0. The Balaban J connectivity index is 1.92. The van der Waals surface area contributed by atoms with Gasteiger partial charge < -0.3 is 11.1 Å². The molecule has 0 saturated carbocycles. The zero-order valence-electron chi connectivity index (χ0n) is 10.5. The lowest BCUT2D eigenvalue weighted by molar-refractivity contribution is 0.102. The monoisotopic (exact) mass is 305 g/mol. The van der Waals surface area contributed by atoms with E-state index in [0.29, 0.717) is 16.7 Å². The molecule has 4 N–H and O–H groups in total. The van der Waals surface area contributed by atoms with E-state index in [9.17, 15) is 9.18 Å². The molecule has 0 spiro atoms. The van der Waals surface area contributed by atoms with Crippen LogP contribution in [-0.2, 0) is 0 Å². The number of aromatic amines is 1. The first-order valence-corrected chi connectivity index (χ1v) is 6.29. The summed E-state index contributed by atoms with van der Waals surface area (Å²) < 4.78 is 13.1. The molecule has 1 aromatic carbocycles. The van der Waals surface area contributed by atoms with E-state index in [2.05, 4.69) is 20.5 Å². The molecule has 0 radical (unpaired) electrons. The number of halogens is 2. The molecule has 0 saturated heterocycles. The van der Waals surface area contributed by atoms with Crippen molar-refractivity contribution in [3.05, 3.63) is 46.9 Å². The molecule has 6 nitrogen and oxygen atoms in total. The molecule has 2 heterocycles. The summed E-state index contributed by atoms with van der Waals surface area (Å²) in [5.74, 6) is -0.399. The van der Waals surface area contributed by atoms with Gasteiger partial charge in [-0.05, 0) is 30.3 Å². The van der Waals surface area contributed by atoms with Crippen molar-refractivity contribution in [3.8, 4) is 0 Å². The number of hydrogen-bond acceptors (Lipinski definition) is 4. The van der Waals surface area contributed by atoms with Gasteiger partial charge in [0.2, 0.25) is 0 Å². The molecule has 8 heteroatoms. The van der Waals surface area contributed by atoms with Crippen LogP contribution in [0, 0.1) is 5.82 Å². The maximum atomic E-state index is 13.1. The number of nitrogen functional groups attached to an aromatic ring is 1. The average Bonchev–Trinajstić information content (AvgIpc) is 2.80. The van der Waals surface area contributed by atoms with Gasteiger partial charge in [-0.15, -0.1) is 0 Å². The van der Waals surface area contributed by atoms with Gasteiger partial charge in [0.1, 0.15) is 16.8 Å². The fraction of sp³-hybridized carbons (Fsp3) is 0. The molecule has 1 amide bonds. The number of rotatable bonds is 2. The van der Waals surface area contributed by atoms with Gasteiger partial charge in [-0.2, -0.15) is 5.10 Å². The van der Waals surface area contributed by atoms with Crippen molar-refractivity contribution < 1.29 is 9.18 Å². The van der Waals surface area contributed by atoms with Crippen molar-refractivity contribution in [2.75, 3.05) is 11.1 Å². The molecule has 2 aromatic heterocycles. The smallest absolute Gasteiger partial charge is 0.257 e. The number of aromatic nitrogens is 3. The Morgan fingerprint density at radius 2 is 2.14 bits per heavy atom. The Labute approximate surface area is 123 Å². The van der Waals surface area contributed by atoms with E-state index in [0.717, 1.165) is 0 Å². The summed E-state index contributed by atoms with van der Waals surface area (Å²) in [6.07, 6.45) is 0. The van der Waals surface area contributed by atoms with Gasteiger partial charge in [-0.25, -0.2) is 9.37 Å². The number of H-pyrrole nitrogens is 1. The minimum atomic E-state index is -0.441. The van der Waals surface area contributed by atoms with Crippen molar-refractivity contribution in [2.24, 2.45) is 0 Å². The number of amides is 1. The van der Waals surface area contributed by atoms with Crippen LogP contribution in [0.15, 0.2) is 30.3 Å². The summed E-state index contributed by atoms with van der Waals surface area (Å²) in [6, 6.07) is 6.89. The topological polar surface area (TPSA) is 96.7 Å². The van der Waals surface area contributed by atoms with Crippen molar-refractivity contribution in [3.63, 3.8) is 0 Å².